The van der Waals surface area contributed by atoms with Crippen LogP contribution in [-0.4, -0.2) is 0 Å². The summed E-state index contributed by atoms with van der Waals surface area (Å²) >= 11 is 3.79. The van der Waals surface area contributed by atoms with Gasteiger partial charge in [0, 0.05) is 67.9 Å². The molecule has 0 aliphatic carbocycles. The number of fused-ring (bicyclic) bond motifs is 13. The Morgan fingerprint density at radius 1 is 0.339 bits per heavy atom. The molecule has 4 heterocycles. The lowest BCUT2D eigenvalue weighted by molar-refractivity contribution is 0.668. The summed E-state index contributed by atoms with van der Waals surface area (Å²) in [6, 6.07) is 67.6. The van der Waals surface area contributed by atoms with Crippen molar-refractivity contribution in [3.8, 4) is 22.3 Å². The first-order valence-corrected chi connectivity index (χ1v) is 21.4. The predicted molar refractivity (Wildman–Crippen MR) is 252 cm³/mol. The number of anilines is 3. The summed E-state index contributed by atoms with van der Waals surface area (Å²) in [6.07, 6.45) is 0. The molecule has 4 aromatic heterocycles. The standard InChI is InChI=1S/C54H31NO2S2/c1-4-14-44-38(9-1)39-28-23-34(31-47(39)57-44)32-19-24-35(25-20-32)55(43-13-8-16-46-51(43)42-11-2-5-15-45(42)56-46)36-26-21-33(22-27-36)37-12-7-18-49-52(37)53-50(58-49)30-29-41-40-10-3-6-17-48(40)59-54(41)53/h1-31H. The van der Waals surface area contributed by atoms with Crippen molar-refractivity contribution in [2.45, 2.75) is 0 Å². The second-order valence-corrected chi connectivity index (χ2v) is 17.3. The van der Waals surface area contributed by atoms with Gasteiger partial charge >= 0.3 is 0 Å². The molecule has 0 aliphatic rings. The molecule has 0 unspecified atom stereocenters. The molecule has 0 aliphatic heterocycles. The van der Waals surface area contributed by atoms with Crippen molar-refractivity contribution in [3.05, 3.63) is 188 Å². The fourth-order valence-corrected chi connectivity index (χ4v) is 11.7. The van der Waals surface area contributed by atoms with Gasteiger partial charge in [0.25, 0.3) is 0 Å². The molecule has 59 heavy (non-hydrogen) atoms. The Labute approximate surface area is 346 Å². The molecule has 276 valence electrons. The number of para-hydroxylation sites is 2. The third kappa shape index (κ3) is 4.99. The first-order valence-electron chi connectivity index (χ1n) is 19.8. The SMILES string of the molecule is c1ccc2c(c1)oc1cc(-c3ccc(N(c4ccc(-c5cccc6sc7ccc8c9ccccc9sc8c7c56)cc4)c4cccc5oc6ccccc6c45)cc3)ccc12. The summed E-state index contributed by atoms with van der Waals surface area (Å²) in [7, 11) is 0. The molecule has 0 atom stereocenters. The van der Waals surface area contributed by atoms with Gasteiger partial charge in [-0.25, -0.2) is 0 Å². The van der Waals surface area contributed by atoms with E-state index in [0.717, 1.165) is 72.1 Å². The van der Waals surface area contributed by atoms with E-state index in [2.05, 4.69) is 169 Å². The minimum absolute atomic E-state index is 0.865. The largest absolute Gasteiger partial charge is 0.456 e. The number of thiophene rings is 2. The number of hydrogen-bond acceptors (Lipinski definition) is 5. The highest BCUT2D eigenvalue weighted by Gasteiger charge is 2.21. The Hall–Kier alpha value is -7.18. The molecule has 0 fully saturated rings. The maximum Gasteiger partial charge on any atom is 0.137 e. The topological polar surface area (TPSA) is 29.5 Å². The lowest BCUT2D eigenvalue weighted by Crippen LogP contribution is -2.10. The van der Waals surface area contributed by atoms with Crippen LogP contribution in [0.5, 0.6) is 0 Å². The molecule has 9 aromatic carbocycles. The fourth-order valence-electron chi connectivity index (χ4n) is 9.19. The number of rotatable bonds is 5. The summed E-state index contributed by atoms with van der Waals surface area (Å²) in [4.78, 5) is 2.36. The lowest BCUT2D eigenvalue weighted by Gasteiger charge is -2.26. The van der Waals surface area contributed by atoms with Crippen LogP contribution in [0.2, 0.25) is 0 Å². The summed E-state index contributed by atoms with van der Waals surface area (Å²) in [5, 5.41) is 9.82. The van der Waals surface area contributed by atoms with E-state index >= 15 is 0 Å². The van der Waals surface area contributed by atoms with Crippen LogP contribution in [0, 0.1) is 0 Å². The van der Waals surface area contributed by atoms with E-state index in [1.807, 2.05) is 46.9 Å². The quantitative estimate of drug-likeness (QED) is 0.174. The fraction of sp³-hybridized carbons (Fsp3) is 0. The van der Waals surface area contributed by atoms with Crippen molar-refractivity contribution in [3.63, 3.8) is 0 Å². The Morgan fingerprint density at radius 3 is 1.76 bits per heavy atom. The van der Waals surface area contributed by atoms with Gasteiger partial charge in [0.2, 0.25) is 0 Å². The van der Waals surface area contributed by atoms with Gasteiger partial charge in [0.1, 0.15) is 22.3 Å². The van der Waals surface area contributed by atoms with Gasteiger partial charge in [-0.1, -0.05) is 109 Å². The molecule has 0 saturated heterocycles. The summed E-state index contributed by atoms with van der Waals surface area (Å²) in [5.41, 5.74) is 11.4. The van der Waals surface area contributed by atoms with Crippen LogP contribution in [0.1, 0.15) is 0 Å². The van der Waals surface area contributed by atoms with Gasteiger partial charge in [0.15, 0.2) is 0 Å². The summed E-state index contributed by atoms with van der Waals surface area (Å²) < 4.78 is 18.0. The third-order valence-electron chi connectivity index (χ3n) is 11.9. The Kier molecular flexibility index (Phi) is 7.05. The van der Waals surface area contributed by atoms with Crippen LogP contribution < -0.4 is 4.90 Å². The van der Waals surface area contributed by atoms with E-state index in [-0.39, 0.29) is 0 Å². The second-order valence-electron chi connectivity index (χ2n) is 15.2. The Balaban J connectivity index is 0.958. The highest BCUT2D eigenvalue weighted by Crippen LogP contribution is 2.48. The monoisotopic (exact) mass is 789 g/mol. The first kappa shape index (κ1) is 32.9. The third-order valence-corrected chi connectivity index (χ3v) is 14.2. The summed E-state index contributed by atoms with van der Waals surface area (Å²) in [5.74, 6) is 0. The van der Waals surface area contributed by atoms with E-state index in [1.54, 1.807) is 0 Å². The van der Waals surface area contributed by atoms with Gasteiger partial charge in [-0.05, 0) is 101 Å². The zero-order chi connectivity index (χ0) is 38.6. The van der Waals surface area contributed by atoms with Gasteiger partial charge in [0.05, 0.1) is 11.1 Å². The van der Waals surface area contributed by atoms with Gasteiger partial charge in [-0.2, -0.15) is 0 Å². The zero-order valence-electron chi connectivity index (χ0n) is 31.5. The average molecular weight is 790 g/mol. The average Bonchev–Trinajstić information content (AvgIpc) is 4.06. The minimum Gasteiger partial charge on any atom is -0.456 e. The molecule has 13 rings (SSSR count). The molecule has 3 nitrogen and oxygen atoms in total. The zero-order valence-corrected chi connectivity index (χ0v) is 33.1. The molecular formula is C54H31NO2S2. The van der Waals surface area contributed by atoms with Crippen LogP contribution >= 0.6 is 22.7 Å². The molecule has 5 heteroatoms. The number of benzene rings is 9. The number of nitrogens with zero attached hydrogens (tertiary/aromatic N) is 1. The summed E-state index contributed by atoms with van der Waals surface area (Å²) in [6.45, 7) is 0. The molecule has 13 aromatic rings. The number of hydrogen-bond donors (Lipinski definition) is 0. The second kappa shape index (κ2) is 12.7. The smallest absolute Gasteiger partial charge is 0.137 e. The van der Waals surface area contributed by atoms with Crippen molar-refractivity contribution in [1.82, 2.24) is 0 Å². The van der Waals surface area contributed by atoms with Crippen LogP contribution in [0.15, 0.2) is 197 Å². The van der Waals surface area contributed by atoms with Crippen molar-refractivity contribution in [2.24, 2.45) is 0 Å². The normalized spacial score (nSPS) is 12.1. The highest BCUT2D eigenvalue weighted by atomic mass is 32.1. The Bertz CT molecular complexity index is 3790. The minimum atomic E-state index is 0.865. The molecule has 0 N–H and O–H groups in total. The Morgan fingerprint density at radius 2 is 0.932 bits per heavy atom. The van der Waals surface area contributed by atoms with E-state index in [1.165, 1.54) is 51.5 Å². The molecule has 0 saturated carbocycles. The molecular weight excluding hydrogens is 759 g/mol. The first-order chi connectivity index (χ1) is 29.2. The van der Waals surface area contributed by atoms with Crippen molar-refractivity contribution in [2.75, 3.05) is 4.90 Å². The van der Waals surface area contributed by atoms with Crippen LogP contribution in [0.4, 0.5) is 17.1 Å². The van der Waals surface area contributed by atoms with E-state index < -0.39 is 0 Å². The molecule has 0 radical (unpaired) electrons. The van der Waals surface area contributed by atoms with Gasteiger partial charge < -0.3 is 13.7 Å². The van der Waals surface area contributed by atoms with E-state index in [4.69, 9.17) is 8.83 Å². The number of furan rings is 2. The van der Waals surface area contributed by atoms with E-state index in [0.29, 0.717) is 0 Å². The van der Waals surface area contributed by atoms with Crippen LogP contribution in [0.3, 0.4) is 0 Å². The maximum atomic E-state index is 6.41. The van der Waals surface area contributed by atoms with Crippen molar-refractivity contribution in [1.29, 1.82) is 0 Å². The molecule has 0 amide bonds. The molecule has 0 spiro atoms. The predicted octanol–water partition coefficient (Wildman–Crippen LogP) is 17.0. The van der Waals surface area contributed by atoms with Gasteiger partial charge in [-0.15, -0.1) is 22.7 Å². The van der Waals surface area contributed by atoms with E-state index in [9.17, 15) is 0 Å². The van der Waals surface area contributed by atoms with Crippen LogP contribution in [-0.2, 0) is 0 Å². The van der Waals surface area contributed by atoms with Gasteiger partial charge in [-0.3, -0.25) is 0 Å². The molecule has 0 bridgehead atoms. The highest BCUT2D eigenvalue weighted by molar-refractivity contribution is 7.29. The van der Waals surface area contributed by atoms with Crippen molar-refractivity contribution < 1.29 is 8.83 Å². The van der Waals surface area contributed by atoms with Crippen LogP contribution in [0.25, 0.3) is 106 Å². The maximum absolute atomic E-state index is 6.41. The lowest BCUT2D eigenvalue weighted by atomic mass is 9.98. The van der Waals surface area contributed by atoms with Crippen molar-refractivity contribution >= 4 is 124 Å².